The predicted octanol–water partition coefficient (Wildman–Crippen LogP) is 0.0187. The Bertz CT molecular complexity index is 431. The molecule has 0 fully saturated rings. The summed E-state index contributed by atoms with van der Waals surface area (Å²) in [7, 11) is 0. The molecular formula is C9H13N7. The minimum atomic E-state index is 0.122. The highest BCUT2D eigenvalue weighted by molar-refractivity contribution is 5.37. The molecule has 0 unspecified atom stereocenters. The smallest absolute Gasteiger partial charge is 0.229 e. The molecule has 0 amide bonds. The van der Waals surface area contributed by atoms with Crippen molar-refractivity contribution < 1.29 is 0 Å². The fraction of sp³-hybridized carbons (Fsp3) is 0.222. The molecule has 0 aromatic carbocycles. The zero-order valence-corrected chi connectivity index (χ0v) is 8.64. The van der Waals surface area contributed by atoms with Crippen molar-refractivity contribution in [1.82, 2.24) is 19.9 Å². The Kier molecular flexibility index (Phi) is 2.86. The normalized spacial score (nSPS) is 10.2. The van der Waals surface area contributed by atoms with Gasteiger partial charge in [0.05, 0.1) is 0 Å². The fourth-order valence-corrected chi connectivity index (χ4v) is 1.32. The lowest BCUT2D eigenvalue weighted by Gasteiger charge is -2.04. The highest BCUT2D eigenvalue weighted by Crippen LogP contribution is 2.04. The van der Waals surface area contributed by atoms with Gasteiger partial charge in [0, 0.05) is 18.9 Å². The van der Waals surface area contributed by atoms with Crippen LogP contribution in [0.1, 0.15) is 5.56 Å². The summed E-state index contributed by atoms with van der Waals surface area (Å²) in [5, 5.41) is 3.03. The van der Waals surface area contributed by atoms with E-state index in [-0.39, 0.29) is 11.9 Å². The third kappa shape index (κ3) is 2.59. The number of hydrogen-bond acceptors (Lipinski definition) is 6. The van der Waals surface area contributed by atoms with E-state index in [1.54, 1.807) is 0 Å². The molecule has 0 aliphatic heterocycles. The van der Waals surface area contributed by atoms with E-state index in [4.69, 9.17) is 11.5 Å². The summed E-state index contributed by atoms with van der Waals surface area (Å²) in [5.74, 6) is 0.647. The van der Waals surface area contributed by atoms with Gasteiger partial charge in [-0.25, -0.2) is 0 Å². The highest BCUT2D eigenvalue weighted by atomic mass is 15.2. The molecule has 0 aliphatic carbocycles. The van der Waals surface area contributed by atoms with Crippen LogP contribution in [0.15, 0.2) is 18.5 Å². The lowest BCUT2D eigenvalue weighted by atomic mass is 10.2. The van der Waals surface area contributed by atoms with Crippen molar-refractivity contribution in [3.05, 3.63) is 24.0 Å². The van der Waals surface area contributed by atoms with Gasteiger partial charge in [0.25, 0.3) is 0 Å². The van der Waals surface area contributed by atoms with Crippen LogP contribution in [0.2, 0.25) is 0 Å². The molecule has 16 heavy (non-hydrogen) atoms. The molecule has 0 bridgehead atoms. The SMILES string of the molecule is Nc1nc(N)nc(NCCc2cc[nH]c2)n1. The molecule has 0 radical (unpaired) electrons. The molecule has 2 aromatic heterocycles. The van der Waals surface area contributed by atoms with E-state index in [0.29, 0.717) is 12.5 Å². The Morgan fingerprint density at radius 1 is 1.19 bits per heavy atom. The number of H-pyrrole nitrogens is 1. The molecule has 0 saturated carbocycles. The minimum Gasteiger partial charge on any atom is -0.368 e. The molecule has 7 heteroatoms. The van der Waals surface area contributed by atoms with Crippen LogP contribution in [0, 0.1) is 0 Å². The van der Waals surface area contributed by atoms with Gasteiger partial charge in [-0.15, -0.1) is 0 Å². The van der Waals surface area contributed by atoms with Gasteiger partial charge >= 0.3 is 0 Å². The monoisotopic (exact) mass is 219 g/mol. The molecule has 6 N–H and O–H groups in total. The van der Waals surface area contributed by atoms with Crippen molar-refractivity contribution in [3.8, 4) is 0 Å². The molecule has 2 heterocycles. The van der Waals surface area contributed by atoms with Crippen molar-refractivity contribution in [2.75, 3.05) is 23.3 Å². The first-order valence-corrected chi connectivity index (χ1v) is 4.86. The lowest BCUT2D eigenvalue weighted by Crippen LogP contribution is -2.11. The van der Waals surface area contributed by atoms with E-state index >= 15 is 0 Å². The van der Waals surface area contributed by atoms with Crippen LogP contribution in [-0.2, 0) is 6.42 Å². The number of aromatic amines is 1. The average Bonchev–Trinajstić information content (AvgIpc) is 2.69. The van der Waals surface area contributed by atoms with Crippen molar-refractivity contribution in [1.29, 1.82) is 0 Å². The van der Waals surface area contributed by atoms with Crippen LogP contribution < -0.4 is 16.8 Å². The Labute approximate surface area is 92.3 Å². The summed E-state index contributed by atoms with van der Waals surface area (Å²) < 4.78 is 0. The van der Waals surface area contributed by atoms with Crippen LogP contribution in [0.25, 0.3) is 0 Å². The first-order valence-electron chi connectivity index (χ1n) is 4.86. The second-order valence-corrected chi connectivity index (χ2v) is 3.27. The van der Waals surface area contributed by atoms with Crippen LogP contribution in [0.5, 0.6) is 0 Å². The van der Waals surface area contributed by atoms with Gasteiger partial charge in [-0.2, -0.15) is 15.0 Å². The molecule has 2 aromatic rings. The Morgan fingerprint density at radius 2 is 1.94 bits per heavy atom. The number of nitrogens with two attached hydrogens (primary N) is 2. The Hall–Kier alpha value is -2.31. The molecule has 7 nitrogen and oxygen atoms in total. The highest BCUT2D eigenvalue weighted by Gasteiger charge is 2.00. The number of hydrogen-bond donors (Lipinski definition) is 4. The quantitative estimate of drug-likeness (QED) is 0.575. The first-order chi connectivity index (χ1) is 7.74. The number of aromatic nitrogens is 4. The third-order valence-electron chi connectivity index (χ3n) is 2.03. The molecular weight excluding hydrogens is 206 g/mol. The van der Waals surface area contributed by atoms with Gasteiger partial charge in [0.15, 0.2) is 0 Å². The van der Waals surface area contributed by atoms with Crippen LogP contribution >= 0.6 is 0 Å². The van der Waals surface area contributed by atoms with Crippen molar-refractivity contribution in [2.45, 2.75) is 6.42 Å². The molecule has 0 spiro atoms. The predicted molar refractivity (Wildman–Crippen MR) is 61.6 cm³/mol. The maximum Gasteiger partial charge on any atom is 0.229 e. The summed E-state index contributed by atoms with van der Waals surface area (Å²) in [5.41, 5.74) is 12.1. The van der Waals surface area contributed by atoms with Crippen LogP contribution in [0.3, 0.4) is 0 Å². The van der Waals surface area contributed by atoms with Gasteiger partial charge in [-0.1, -0.05) is 0 Å². The van der Waals surface area contributed by atoms with Crippen LogP contribution in [0.4, 0.5) is 17.8 Å². The van der Waals surface area contributed by atoms with Gasteiger partial charge in [0.2, 0.25) is 17.8 Å². The topological polar surface area (TPSA) is 119 Å². The summed E-state index contributed by atoms with van der Waals surface area (Å²) in [6.07, 6.45) is 4.70. The Balaban J connectivity index is 1.89. The summed E-state index contributed by atoms with van der Waals surface area (Å²) >= 11 is 0. The Morgan fingerprint density at radius 3 is 2.56 bits per heavy atom. The molecule has 84 valence electrons. The number of nitrogens with one attached hydrogen (secondary N) is 2. The largest absolute Gasteiger partial charge is 0.368 e. The van der Waals surface area contributed by atoms with E-state index in [1.165, 1.54) is 5.56 Å². The zero-order chi connectivity index (χ0) is 11.4. The number of nitrogen functional groups attached to an aromatic ring is 2. The van der Waals surface area contributed by atoms with Crippen molar-refractivity contribution in [2.24, 2.45) is 0 Å². The maximum absolute atomic E-state index is 5.44. The fourth-order valence-electron chi connectivity index (χ4n) is 1.32. The third-order valence-corrected chi connectivity index (χ3v) is 2.03. The molecule has 0 aliphatic rings. The van der Waals surface area contributed by atoms with E-state index < -0.39 is 0 Å². The lowest BCUT2D eigenvalue weighted by molar-refractivity contribution is 0.974. The van der Waals surface area contributed by atoms with Gasteiger partial charge in [-0.05, 0) is 18.1 Å². The van der Waals surface area contributed by atoms with Crippen LogP contribution in [-0.4, -0.2) is 26.5 Å². The second kappa shape index (κ2) is 4.47. The summed E-state index contributed by atoms with van der Waals surface area (Å²) in [6, 6.07) is 2.01. The first kappa shape index (κ1) is 10.2. The second-order valence-electron chi connectivity index (χ2n) is 3.27. The summed E-state index contributed by atoms with van der Waals surface area (Å²) in [6.45, 7) is 0.709. The minimum absolute atomic E-state index is 0.122. The van der Waals surface area contributed by atoms with E-state index in [1.807, 2.05) is 18.5 Å². The van der Waals surface area contributed by atoms with E-state index in [9.17, 15) is 0 Å². The number of nitrogens with zero attached hydrogens (tertiary/aromatic N) is 3. The average molecular weight is 219 g/mol. The molecule has 0 atom stereocenters. The standard InChI is InChI=1S/C9H13N7/c10-7-14-8(11)16-9(15-7)13-4-2-6-1-3-12-5-6/h1,3,5,12H,2,4H2,(H5,10,11,13,14,15,16). The molecule has 2 rings (SSSR count). The number of anilines is 3. The zero-order valence-electron chi connectivity index (χ0n) is 8.64. The van der Waals surface area contributed by atoms with E-state index in [0.717, 1.165) is 6.42 Å². The van der Waals surface area contributed by atoms with Gasteiger partial charge < -0.3 is 21.8 Å². The van der Waals surface area contributed by atoms with Crippen molar-refractivity contribution in [3.63, 3.8) is 0 Å². The number of rotatable bonds is 4. The van der Waals surface area contributed by atoms with Gasteiger partial charge in [-0.3, -0.25) is 0 Å². The van der Waals surface area contributed by atoms with Crippen molar-refractivity contribution >= 4 is 17.8 Å². The maximum atomic E-state index is 5.44. The molecule has 0 saturated heterocycles. The van der Waals surface area contributed by atoms with Gasteiger partial charge in [0.1, 0.15) is 0 Å². The van der Waals surface area contributed by atoms with E-state index in [2.05, 4.69) is 25.3 Å². The summed E-state index contributed by atoms with van der Waals surface area (Å²) in [4.78, 5) is 14.5.